The predicted octanol–water partition coefficient (Wildman–Crippen LogP) is 1.75. The summed E-state index contributed by atoms with van der Waals surface area (Å²) in [5, 5.41) is 11.0. The normalized spacial score (nSPS) is 18.3. The molecule has 19 heavy (non-hydrogen) atoms. The van der Waals surface area contributed by atoms with Crippen LogP contribution < -0.4 is 5.32 Å². The van der Waals surface area contributed by atoms with Crippen LogP contribution in [0.5, 0.6) is 0 Å². The zero-order valence-electron chi connectivity index (χ0n) is 11.6. The molecule has 2 heterocycles. The highest BCUT2D eigenvalue weighted by Gasteiger charge is 2.21. The molecule has 2 rings (SSSR count). The Bertz CT molecular complexity index is 479. The molecule has 0 saturated heterocycles. The summed E-state index contributed by atoms with van der Waals surface area (Å²) >= 11 is 0. The van der Waals surface area contributed by atoms with Crippen molar-refractivity contribution in [3.63, 3.8) is 0 Å². The number of nitrogens with one attached hydrogen (secondary N) is 1. The van der Waals surface area contributed by atoms with E-state index < -0.39 is 0 Å². The largest absolute Gasteiger partial charge is 0.390 e. The van der Waals surface area contributed by atoms with Gasteiger partial charge in [0.25, 0.3) is 5.91 Å². The fourth-order valence-electron chi connectivity index (χ4n) is 2.01. The van der Waals surface area contributed by atoms with Crippen molar-refractivity contribution in [1.29, 1.82) is 0 Å². The number of nitrogens with zero attached hydrogens (tertiary/aromatic N) is 3. The van der Waals surface area contributed by atoms with Gasteiger partial charge in [-0.2, -0.15) is 5.10 Å². The van der Waals surface area contributed by atoms with Gasteiger partial charge in [-0.05, 0) is 26.3 Å². The second-order valence-electron chi connectivity index (χ2n) is 4.91. The number of aromatic nitrogens is 2. The van der Waals surface area contributed by atoms with Crippen molar-refractivity contribution in [3.8, 4) is 0 Å². The van der Waals surface area contributed by atoms with E-state index in [4.69, 9.17) is 4.84 Å². The number of amides is 1. The summed E-state index contributed by atoms with van der Waals surface area (Å²) in [4.78, 5) is 17.3. The Morgan fingerprint density at radius 1 is 1.63 bits per heavy atom. The lowest BCUT2D eigenvalue weighted by Gasteiger charge is -2.12. The monoisotopic (exact) mass is 264 g/mol. The fourth-order valence-corrected chi connectivity index (χ4v) is 2.01. The molecule has 104 valence electrons. The van der Waals surface area contributed by atoms with E-state index in [1.165, 1.54) is 0 Å². The SMILES string of the molecule is CCC1=NO[C@@H](CNC(=O)c2ccnn2C(C)C)C1. The maximum Gasteiger partial charge on any atom is 0.269 e. The summed E-state index contributed by atoms with van der Waals surface area (Å²) in [5.41, 5.74) is 1.62. The smallest absolute Gasteiger partial charge is 0.269 e. The molecular formula is C13H20N4O2. The molecule has 0 bridgehead atoms. The molecule has 6 nitrogen and oxygen atoms in total. The van der Waals surface area contributed by atoms with Gasteiger partial charge >= 0.3 is 0 Å². The second-order valence-corrected chi connectivity index (χ2v) is 4.91. The van der Waals surface area contributed by atoms with Crippen molar-refractivity contribution in [3.05, 3.63) is 18.0 Å². The van der Waals surface area contributed by atoms with Crippen LogP contribution in [0.4, 0.5) is 0 Å². The fraction of sp³-hybridized carbons (Fsp3) is 0.615. The van der Waals surface area contributed by atoms with Gasteiger partial charge in [0.1, 0.15) is 11.8 Å². The minimum atomic E-state index is -0.125. The van der Waals surface area contributed by atoms with Crippen LogP contribution >= 0.6 is 0 Å². The third-order valence-corrected chi connectivity index (χ3v) is 3.08. The molecule has 0 aliphatic carbocycles. The molecule has 0 saturated carbocycles. The van der Waals surface area contributed by atoms with Crippen LogP contribution in [-0.4, -0.2) is 34.0 Å². The average molecular weight is 264 g/mol. The highest BCUT2D eigenvalue weighted by atomic mass is 16.6. The maximum atomic E-state index is 12.1. The van der Waals surface area contributed by atoms with E-state index in [2.05, 4.69) is 15.6 Å². The Balaban J connectivity index is 1.87. The summed E-state index contributed by atoms with van der Waals surface area (Å²) in [7, 11) is 0. The quantitative estimate of drug-likeness (QED) is 0.881. The molecule has 1 N–H and O–H groups in total. The minimum Gasteiger partial charge on any atom is -0.390 e. The molecule has 1 amide bonds. The van der Waals surface area contributed by atoms with Gasteiger partial charge < -0.3 is 10.2 Å². The third kappa shape index (κ3) is 3.13. The van der Waals surface area contributed by atoms with Crippen LogP contribution in [0.1, 0.15) is 50.1 Å². The molecule has 0 radical (unpaired) electrons. The van der Waals surface area contributed by atoms with Gasteiger partial charge in [-0.25, -0.2) is 0 Å². The lowest BCUT2D eigenvalue weighted by Crippen LogP contribution is -2.33. The molecule has 1 aliphatic heterocycles. The van der Waals surface area contributed by atoms with E-state index in [1.807, 2.05) is 20.8 Å². The van der Waals surface area contributed by atoms with Crippen LogP contribution in [-0.2, 0) is 4.84 Å². The molecule has 0 aromatic carbocycles. The van der Waals surface area contributed by atoms with Gasteiger partial charge in [0, 0.05) is 18.7 Å². The number of hydrogen-bond acceptors (Lipinski definition) is 4. The highest BCUT2D eigenvalue weighted by molar-refractivity contribution is 5.92. The van der Waals surface area contributed by atoms with Crippen molar-refractivity contribution in [2.24, 2.45) is 5.16 Å². The average Bonchev–Trinajstić information content (AvgIpc) is 3.04. The summed E-state index contributed by atoms with van der Waals surface area (Å²) < 4.78 is 1.71. The number of hydrogen-bond donors (Lipinski definition) is 1. The lowest BCUT2D eigenvalue weighted by atomic mass is 10.1. The topological polar surface area (TPSA) is 68.5 Å². The molecule has 1 aromatic rings. The van der Waals surface area contributed by atoms with Crippen LogP contribution in [0.3, 0.4) is 0 Å². The Morgan fingerprint density at radius 2 is 2.42 bits per heavy atom. The highest BCUT2D eigenvalue weighted by Crippen LogP contribution is 2.12. The number of rotatable bonds is 5. The Morgan fingerprint density at radius 3 is 3.05 bits per heavy atom. The lowest BCUT2D eigenvalue weighted by molar-refractivity contribution is 0.0747. The van der Waals surface area contributed by atoms with Gasteiger partial charge in [-0.15, -0.1) is 0 Å². The van der Waals surface area contributed by atoms with Crippen molar-refractivity contribution in [2.75, 3.05) is 6.54 Å². The van der Waals surface area contributed by atoms with Gasteiger partial charge in [0.05, 0.1) is 12.3 Å². The first-order valence-corrected chi connectivity index (χ1v) is 6.65. The molecule has 0 spiro atoms. The number of oxime groups is 1. The molecule has 1 aromatic heterocycles. The number of carbonyl (C=O) groups excluding carboxylic acids is 1. The van der Waals surface area contributed by atoms with Crippen LogP contribution in [0.15, 0.2) is 17.4 Å². The summed E-state index contributed by atoms with van der Waals surface area (Å²) in [6.07, 6.45) is 3.28. The molecule has 0 unspecified atom stereocenters. The van der Waals surface area contributed by atoms with Crippen molar-refractivity contribution in [1.82, 2.24) is 15.1 Å². The summed E-state index contributed by atoms with van der Waals surface area (Å²) in [6, 6.07) is 1.88. The first-order chi connectivity index (χ1) is 9.11. The Hall–Kier alpha value is -1.85. The first-order valence-electron chi connectivity index (χ1n) is 6.65. The zero-order valence-corrected chi connectivity index (χ0v) is 11.6. The third-order valence-electron chi connectivity index (χ3n) is 3.08. The molecule has 0 fully saturated rings. The van der Waals surface area contributed by atoms with Gasteiger partial charge in [-0.1, -0.05) is 12.1 Å². The van der Waals surface area contributed by atoms with Crippen molar-refractivity contribution < 1.29 is 9.63 Å². The van der Waals surface area contributed by atoms with E-state index >= 15 is 0 Å². The summed E-state index contributed by atoms with van der Waals surface area (Å²) in [5.74, 6) is -0.125. The zero-order chi connectivity index (χ0) is 13.8. The van der Waals surface area contributed by atoms with Gasteiger partial charge in [0.15, 0.2) is 0 Å². The minimum absolute atomic E-state index is 0.0469. The van der Waals surface area contributed by atoms with Gasteiger partial charge in [-0.3, -0.25) is 9.48 Å². The standard InChI is InChI=1S/C13H20N4O2/c1-4-10-7-11(19-16-10)8-14-13(18)12-5-6-15-17(12)9(2)3/h5-6,9,11H,4,7-8H2,1-3H3,(H,14,18)/t11-/m1/s1. The van der Waals surface area contributed by atoms with E-state index in [0.717, 1.165) is 18.6 Å². The maximum absolute atomic E-state index is 12.1. The Kier molecular flexibility index (Phi) is 4.19. The molecule has 1 atom stereocenters. The first kappa shape index (κ1) is 13.6. The van der Waals surface area contributed by atoms with Crippen LogP contribution in [0, 0.1) is 0 Å². The van der Waals surface area contributed by atoms with E-state index in [-0.39, 0.29) is 18.1 Å². The van der Waals surface area contributed by atoms with Crippen molar-refractivity contribution in [2.45, 2.75) is 45.8 Å². The van der Waals surface area contributed by atoms with Crippen molar-refractivity contribution >= 4 is 11.6 Å². The Labute approximate surface area is 112 Å². The molecular weight excluding hydrogens is 244 g/mol. The molecule has 1 aliphatic rings. The molecule has 6 heteroatoms. The van der Waals surface area contributed by atoms with E-state index in [9.17, 15) is 4.79 Å². The van der Waals surface area contributed by atoms with E-state index in [1.54, 1.807) is 16.9 Å². The van der Waals surface area contributed by atoms with Crippen LogP contribution in [0.2, 0.25) is 0 Å². The van der Waals surface area contributed by atoms with Gasteiger partial charge in [0.2, 0.25) is 0 Å². The summed E-state index contributed by atoms with van der Waals surface area (Å²) in [6.45, 7) is 6.50. The number of carbonyl (C=O) groups is 1. The predicted molar refractivity (Wildman–Crippen MR) is 72.2 cm³/mol. The van der Waals surface area contributed by atoms with Crippen LogP contribution in [0.25, 0.3) is 0 Å². The second kappa shape index (κ2) is 5.86. The van der Waals surface area contributed by atoms with E-state index in [0.29, 0.717) is 12.2 Å².